The molecule has 0 spiro atoms. The third kappa shape index (κ3) is 4.80. The molecular formula is C17H23Cl2N3O. The van der Waals surface area contributed by atoms with Gasteiger partial charge in [-0.05, 0) is 62.5 Å². The van der Waals surface area contributed by atoms with Gasteiger partial charge >= 0.3 is 0 Å². The zero-order chi connectivity index (χ0) is 14.7. The molecule has 126 valence electrons. The number of carbonyl (C=O) groups is 1. The van der Waals surface area contributed by atoms with Crippen molar-refractivity contribution >= 4 is 47.3 Å². The van der Waals surface area contributed by atoms with Crippen LogP contribution < -0.4 is 10.6 Å². The van der Waals surface area contributed by atoms with E-state index in [1.54, 1.807) is 6.20 Å². The molecule has 2 aromatic rings. The van der Waals surface area contributed by atoms with Crippen molar-refractivity contribution in [3.63, 3.8) is 0 Å². The molecule has 4 nitrogen and oxygen atoms in total. The normalized spacial score (nSPS) is 16.5. The fraction of sp³-hybridized carbons (Fsp3) is 0.412. The van der Waals surface area contributed by atoms with E-state index in [-0.39, 0.29) is 30.7 Å². The first kappa shape index (κ1) is 19.7. The zero-order valence-corrected chi connectivity index (χ0v) is 14.8. The Balaban J connectivity index is 0.00000132. The van der Waals surface area contributed by atoms with Crippen LogP contribution in [0.1, 0.15) is 24.8 Å². The van der Waals surface area contributed by atoms with Crippen LogP contribution in [-0.2, 0) is 4.79 Å². The molecule has 3 rings (SSSR count). The summed E-state index contributed by atoms with van der Waals surface area (Å²) in [5.41, 5.74) is 2.94. The molecule has 0 radical (unpaired) electrons. The summed E-state index contributed by atoms with van der Waals surface area (Å²) in [6.07, 6.45) is 4.52. The van der Waals surface area contributed by atoms with Crippen molar-refractivity contribution in [1.82, 2.24) is 10.3 Å². The summed E-state index contributed by atoms with van der Waals surface area (Å²) in [5, 5.41) is 7.38. The Bertz CT molecular complexity index is 657. The number of fused-ring (bicyclic) bond motifs is 1. The van der Waals surface area contributed by atoms with E-state index < -0.39 is 0 Å². The lowest BCUT2D eigenvalue weighted by atomic mass is 10.0. The van der Waals surface area contributed by atoms with Crippen molar-refractivity contribution in [2.24, 2.45) is 5.92 Å². The highest BCUT2D eigenvalue weighted by Crippen LogP contribution is 2.25. The number of carbonyl (C=O) groups excluding carboxylic acids is 1. The first-order chi connectivity index (χ1) is 10.2. The molecular weight excluding hydrogens is 333 g/mol. The Labute approximate surface area is 149 Å². The molecule has 1 saturated heterocycles. The largest absolute Gasteiger partial charge is 0.325 e. The topological polar surface area (TPSA) is 54.0 Å². The minimum atomic E-state index is 0. The lowest BCUT2D eigenvalue weighted by Crippen LogP contribution is -2.15. The van der Waals surface area contributed by atoms with Crippen LogP contribution >= 0.6 is 24.8 Å². The highest BCUT2D eigenvalue weighted by Gasteiger charge is 2.16. The lowest BCUT2D eigenvalue weighted by molar-refractivity contribution is -0.116. The SMILES string of the molecule is Cc1ccc(NC(=O)CCC2CCNC2)c2cccnc12.Cl.Cl. The zero-order valence-electron chi connectivity index (χ0n) is 13.2. The summed E-state index contributed by atoms with van der Waals surface area (Å²) in [6.45, 7) is 4.17. The first-order valence-corrected chi connectivity index (χ1v) is 7.59. The van der Waals surface area contributed by atoms with Gasteiger partial charge in [0.1, 0.15) is 0 Å². The molecule has 1 atom stereocenters. The van der Waals surface area contributed by atoms with Gasteiger partial charge in [-0.15, -0.1) is 24.8 Å². The minimum Gasteiger partial charge on any atom is -0.325 e. The Kier molecular flexibility index (Phi) is 7.76. The van der Waals surface area contributed by atoms with Crippen LogP contribution in [0.4, 0.5) is 5.69 Å². The second-order valence-electron chi connectivity index (χ2n) is 5.78. The predicted molar refractivity (Wildman–Crippen MR) is 99.8 cm³/mol. The summed E-state index contributed by atoms with van der Waals surface area (Å²) in [7, 11) is 0. The molecule has 1 amide bonds. The average Bonchev–Trinajstić information content (AvgIpc) is 3.02. The number of aromatic nitrogens is 1. The van der Waals surface area contributed by atoms with Crippen molar-refractivity contribution in [1.29, 1.82) is 0 Å². The van der Waals surface area contributed by atoms with Gasteiger partial charge in [-0.3, -0.25) is 9.78 Å². The fourth-order valence-electron chi connectivity index (χ4n) is 2.93. The molecule has 2 N–H and O–H groups in total. The molecule has 0 aliphatic carbocycles. The van der Waals surface area contributed by atoms with Crippen molar-refractivity contribution in [3.05, 3.63) is 36.0 Å². The van der Waals surface area contributed by atoms with Crippen molar-refractivity contribution in [3.8, 4) is 0 Å². The van der Waals surface area contributed by atoms with Gasteiger partial charge < -0.3 is 10.6 Å². The van der Waals surface area contributed by atoms with Crippen LogP contribution in [-0.4, -0.2) is 24.0 Å². The van der Waals surface area contributed by atoms with Gasteiger partial charge in [-0.1, -0.05) is 6.07 Å². The van der Waals surface area contributed by atoms with Crippen LogP contribution in [0.25, 0.3) is 10.9 Å². The highest BCUT2D eigenvalue weighted by molar-refractivity contribution is 6.01. The van der Waals surface area contributed by atoms with E-state index in [1.165, 1.54) is 6.42 Å². The number of nitrogens with one attached hydrogen (secondary N) is 2. The first-order valence-electron chi connectivity index (χ1n) is 7.59. The van der Waals surface area contributed by atoms with E-state index in [2.05, 4.69) is 15.6 Å². The number of hydrogen-bond acceptors (Lipinski definition) is 3. The summed E-state index contributed by atoms with van der Waals surface area (Å²) < 4.78 is 0. The number of rotatable bonds is 4. The molecule has 1 aliphatic rings. The van der Waals surface area contributed by atoms with Gasteiger partial charge in [0, 0.05) is 18.0 Å². The van der Waals surface area contributed by atoms with Crippen LogP contribution in [0.15, 0.2) is 30.5 Å². The second kappa shape index (κ2) is 9.06. The maximum absolute atomic E-state index is 12.1. The summed E-state index contributed by atoms with van der Waals surface area (Å²) in [6, 6.07) is 7.88. The van der Waals surface area contributed by atoms with Crippen LogP contribution in [0, 0.1) is 12.8 Å². The summed E-state index contributed by atoms with van der Waals surface area (Å²) >= 11 is 0. The fourth-order valence-corrected chi connectivity index (χ4v) is 2.93. The molecule has 2 heterocycles. The van der Waals surface area contributed by atoms with Crippen molar-refractivity contribution < 1.29 is 4.79 Å². The number of nitrogens with zero attached hydrogens (tertiary/aromatic N) is 1. The predicted octanol–water partition coefficient (Wildman–Crippen LogP) is 3.72. The molecule has 1 aromatic heterocycles. The molecule has 6 heteroatoms. The Morgan fingerprint density at radius 2 is 2.17 bits per heavy atom. The molecule has 1 fully saturated rings. The molecule has 0 bridgehead atoms. The monoisotopic (exact) mass is 355 g/mol. The van der Waals surface area contributed by atoms with Gasteiger partial charge in [-0.2, -0.15) is 0 Å². The smallest absolute Gasteiger partial charge is 0.224 e. The summed E-state index contributed by atoms with van der Waals surface area (Å²) in [4.78, 5) is 16.5. The minimum absolute atomic E-state index is 0. The maximum Gasteiger partial charge on any atom is 0.224 e. The molecule has 23 heavy (non-hydrogen) atoms. The number of amides is 1. The van der Waals surface area contributed by atoms with Crippen LogP contribution in [0.3, 0.4) is 0 Å². The maximum atomic E-state index is 12.1. The number of pyridine rings is 1. The lowest BCUT2D eigenvalue weighted by Gasteiger charge is -2.11. The average molecular weight is 356 g/mol. The van der Waals surface area contributed by atoms with Gasteiger partial charge in [0.25, 0.3) is 0 Å². The quantitative estimate of drug-likeness (QED) is 0.878. The third-order valence-corrected chi connectivity index (χ3v) is 4.19. The number of anilines is 1. The third-order valence-electron chi connectivity index (χ3n) is 4.19. The van der Waals surface area contributed by atoms with E-state index in [9.17, 15) is 4.79 Å². The molecule has 0 saturated carbocycles. The number of aryl methyl sites for hydroxylation is 1. The number of halogens is 2. The molecule has 1 unspecified atom stereocenters. The summed E-state index contributed by atoms with van der Waals surface area (Å²) in [5.74, 6) is 0.739. The molecule has 1 aromatic carbocycles. The number of hydrogen-bond donors (Lipinski definition) is 2. The number of benzene rings is 1. The standard InChI is InChI=1S/C17H21N3O.2ClH/c1-12-4-6-15(14-3-2-9-19-17(12)14)20-16(21)7-5-13-8-10-18-11-13;;/h2-4,6,9,13,18H,5,7-8,10-11H2,1H3,(H,20,21);2*1H. The van der Waals surface area contributed by atoms with E-state index in [0.717, 1.165) is 41.7 Å². The van der Waals surface area contributed by atoms with E-state index >= 15 is 0 Å². The van der Waals surface area contributed by atoms with Crippen molar-refractivity contribution in [2.75, 3.05) is 18.4 Å². The molecule has 1 aliphatic heterocycles. The van der Waals surface area contributed by atoms with Gasteiger partial charge in [0.15, 0.2) is 0 Å². The highest BCUT2D eigenvalue weighted by atomic mass is 35.5. The Morgan fingerprint density at radius 3 is 2.91 bits per heavy atom. The second-order valence-corrected chi connectivity index (χ2v) is 5.78. The van der Waals surface area contributed by atoms with Gasteiger partial charge in [0.05, 0.1) is 11.2 Å². The van der Waals surface area contributed by atoms with E-state index in [4.69, 9.17) is 0 Å². The van der Waals surface area contributed by atoms with Gasteiger partial charge in [0.2, 0.25) is 5.91 Å². The van der Waals surface area contributed by atoms with Crippen LogP contribution in [0.5, 0.6) is 0 Å². The van der Waals surface area contributed by atoms with E-state index in [1.807, 2.05) is 31.2 Å². The van der Waals surface area contributed by atoms with Crippen LogP contribution in [0.2, 0.25) is 0 Å². The van der Waals surface area contributed by atoms with E-state index in [0.29, 0.717) is 12.3 Å². The Morgan fingerprint density at radius 1 is 1.35 bits per heavy atom. The van der Waals surface area contributed by atoms with Crippen molar-refractivity contribution in [2.45, 2.75) is 26.2 Å². The van der Waals surface area contributed by atoms with Gasteiger partial charge in [-0.25, -0.2) is 0 Å². The Hall–Kier alpha value is -1.36.